The van der Waals surface area contributed by atoms with Crippen molar-refractivity contribution in [3.63, 3.8) is 0 Å². The Bertz CT molecular complexity index is 299. The molecule has 2 rings (SSSR count). The highest BCUT2D eigenvalue weighted by Gasteiger charge is 2.23. The van der Waals surface area contributed by atoms with Crippen molar-refractivity contribution < 1.29 is 14.2 Å². The summed E-state index contributed by atoms with van der Waals surface area (Å²) in [5, 5.41) is 9.31. The number of ether oxygens (including phenoxy) is 1. The minimum absolute atomic E-state index is 0.0142. The molecule has 0 radical (unpaired) electrons. The number of phenolic OH excluding ortho intramolecular Hbond substituents is 1. The minimum Gasteiger partial charge on any atom is -0.507 e. The number of hydrogen-bond acceptors (Lipinski definition) is 2. The molecule has 1 unspecified atom stereocenters. The summed E-state index contributed by atoms with van der Waals surface area (Å²) in [4.78, 5) is 0. The molecule has 1 aliphatic heterocycles. The lowest BCUT2D eigenvalue weighted by atomic mass is 10.0. The van der Waals surface area contributed by atoms with E-state index < -0.39 is 6.17 Å². The second-order valence-electron chi connectivity index (χ2n) is 2.79. The number of halogens is 1. The van der Waals surface area contributed by atoms with Crippen LogP contribution in [0, 0.1) is 0 Å². The Morgan fingerprint density at radius 2 is 2.33 bits per heavy atom. The van der Waals surface area contributed by atoms with Crippen molar-refractivity contribution in [1.82, 2.24) is 0 Å². The van der Waals surface area contributed by atoms with Gasteiger partial charge in [-0.2, -0.15) is 0 Å². The SMILES string of the molecule is Oc1cccc2c1C(F)CCO2. The highest BCUT2D eigenvalue weighted by atomic mass is 19.1. The molecule has 3 heteroatoms. The molecule has 0 aromatic heterocycles. The first-order valence-electron chi connectivity index (χ1n) is 3.88. The third-order valence-corrected chi connectivity index (χ3v) is 1.99. The minimum atomic E-state index is -1.09. The van der Waals surface area contributed by atoms with Crippen LogP contribution in [0.1, 0.15) is 18.2 Å². The average molecular weight is 168 g/mol. The molecule has 1 atom stereocenters. The number of alkyl halides is 1. The van der Waals surface area contributed by atoms with E-state index in [1.54, 1.807) is 12.1 Å². The van der Waals surface area contributed by atoms with Crippen LogP contribution in [-0.2, 0) is 0 Å². The first-order valence-corrected chi connectivity index (χ1v) is 3.88. The van der Waals surface area contributed by atoms with Crippen LogP contribution in [-0.4, -0.2) is 11.7 Å². The van der Waals surface area contributed by atoms with E-state index in [1.165, 1.54) is 6.07 Å². The summed E-state index contributed by atoms with van der Waals surface area (Å²) in [5.74, 6) is 0.452. The topological polar surface area (TPSA) is 29.5 Å². The zero-order valence-electron chi connectivity index (χ0n) is 6.46. The Kier molecular flexibility index (Phi) is 1.64. The van der Waals surface area contributed by atoms with Crippen LogP contribution in [0.25, 0.3) is 0 Å². The van der Waals surface area contributed by atoms with Crippen LogP contribution < -0.4 is 4.74 Å². The van der Waals surface area contributed by atoms with Crippen molar-refractivity contribution in [3.8, 4) is 11.5 Å². The van der Waals surface area contributed by atoms with Gasteiger partial charge in [0.15, 0.2) is 0 Å². The lowest BCUT2D eigenvalue weighted by molar-refractivity contribution is 0.195. The maximum atomic E-state index is 13.2. The van der Waals surface area contributed by atoms with Crippen LogP contribution in [0.4, 0.5) is 4.39 Å². The van der Waals surface area contributed by atoms with Gasteiger partial charge in [-0.25, -0.2) is 4.39 Å². The summed E-state index contributed by atoms with van der Waals surface area (Å²) in [6.45, 7) is 0.387. The van der Waals surface area contributed by atoms with Gasteiger partial charge < -0.3 is 9.84 Å². The molecule has 64 valence electrons. The standard InChI is InChI=1S/C9H9FO2/c10-6-4-5-12-8-3-1-2-7(11)9(6)8/h1-3,6,11H,4-5H2. The normalized spacial score (nSPS) is 21.2. The van der Waals surface area contributed by atoms with Crippen molar-refractivity contribution in [2.75, 3.05) is 6.61 Å². The van der Waals surface area contributed by atoms with Gasteiger partial charge in [0.25, 0.3) is 0 Å². The zero-order chi connectivity index (χ0) is 8.55. The fraction of sp³-hybridized carbons (Fsp3) is 0.333. The quantitative estimate of drug-likeness (QED) is 0.643. The van der Waals surface area contributed by atoms with Crippen molar-refractivity contribution >= 4 is 0 Å². The third kappa shape index (κ3) is 1.02. The molecule has 1 aliphatic rings. The molecule has 0 saturated carbocycles. The predicted molar refractivity (Wildman–Crippen MR) is 42.1 cm³/mol. The number of benzene rings is 1. The first kappa shape index (κ1) is 7.40. The molecule has 1 N–H and O–H groups in total. The molecule has 0 amide bonds. The average Bonchev–Trinajstić information content (AvgIpc) is 2.04. The summed E-state index contributed by atoms with van der Waals surface area (Å²) in [6.07, 6.45) is -0.764. The lowest BCUT2D eigenvalue weighted by Crippen LogP contribution is -2.10. The van der Waals surface area contributed by atoms with Crippen LogP contribution in [0.15, 0.2) is 18.2 Å². The van der Waals surface area contributed by atoms with E-state index >= 15 is 0 Å². The molecule has 1 aromatic rings. The Hall–Kier alpha value is -1.25. The van der Waals surface area contributed by atoms with Gasteiger partial charge in [-0.05, 0) is 12.1 Å². The van der Waals surface area contributed by atoms with E-state index in [2.05, 4.69) is 0 Å². The van der Waals surface area contributed by atoms with Crippen LogP contribution >= 0.6 is 0 Å². The third-order valence-electron chi connectivity index (χ3n) is 1.99. The monoisotopic (exact) mass is 168 g/mol. The Morgan fingerprint density at radius 1 is 1.50 bits per heavy atom. The molecule has 0 saturated heterocycles. The molecule has 2 nitrogen and oxygen atoms in total. The molecule has 0 spiro atoms. The Labute approximate surface area is 69.6 Å². The van der Waals surface area contributed by atoms with Crippen molar-refractivity contribution in [1.29, 1.82) is 0 Å². The number of aromatic hydroxyl groups is 1. The lowest BCUT2D eigenvalue weighted by Gasteiger charge is -2.20. The van der Waals surface area contributed by atoms with Crippen LogP contribution in [0.3, 0.4) is 0 Å². The highest BCUT2D eigenvalue weighted by Crippen LogP contribution is 2.39. The van der Waals surface area contributed by atoms with Gasteiger partial charge in [-0.3, -0.25) is 0 Å². The van der Waals surface area contributed by atoms with Gasteiger partial charge in [0, 0.05) is 6.42 Å². The second kappa shape index (κ2) is 2.66. The summed E-state index contributed by atoms with van der Waals surface area (Å²) < 4.78 is 18.4. The van der Waals surface area contributed by atoms with E-state index in [1.807, 2.05) is 0 Å². The summed E-state index contributed by atoms with van der Waals surface area (Å²) in [5.41, 5.74) is 0.295. The van der Waals surface area contributed by atoms with Crippen LogP contribution in [0.2, 0.25) is 0 Å². The van der Waals surface area contributed by atoms with Gasteiger partial charge in [0.1, 0.15) is 17.7 Å². The van der Waals surface area contributed by atoms with Gasteiger partial charge in [-0.15, -0.1) is 0 Å². The van der Waals surface area contributed by atoms with E-state index in [9.17, 15) is 9.50 Å². The summed E-state index contributed by atoms with van der Waals surface area (Å²) in [6, 6.07) is 4.78. The molecular formula is C9H9FO2. The molecule has 1 aromatic carbocycles. The molecule has 0 aliphatic carbocycles. The highest BCUT2D eigenvalue weighted by molar-refractivity contribution is 5.46. The predicted octanol–water partition coefficient (Wildman–Crippen LogP) is 2.19. The van der Waals surface area contributed by atoms with E-state index in [4.69, 9.17) is 4.74 Å². The van der Waals surface area contributed by atoms with E-state index in [-0.39, 0.29) is 5.75 Å². The molecule has 1 heterocycles. The zero-order valence-corrected chi connectivity index (χ0v) is 6.46. The fourth-order valence-electron chi connectivity index (χ4n) is 1.39. The van der Waals surface area contributed by atoms with E-state index in [0.29, 0.717) is 24.3 Å². The molecule has 0 bridgehead atoms. The fourth-order valence-corrected chi connectivity index (χ4v) is 1.39. The van der Waals surface area contributed by atoms with Gasteiger partial charge in [-0.1, -0.05) is 6.07 Å². The van der Waals surface area contributed by atoms with Crippen molar-refractivity contribution in [3.05, 3.63) is 23.8 Å². The molecular weight excluding hydrogens is 159 g/mol. The van der Waals surface area contributed by atoms with E-state index in [0.717, 1.165) is 0 Å². The number of fused-ring (bicyclic) bond motifs is 1. The largest absolute Gasteiger partial charge is 0.507 e. The van der Waals surface area contributed by atoms with Crippen molar-refractivity contribution in [2.45, 2.75) is 12.6 Å². The van der Waals surface area contributed by atoms with Gasteiger partial charge in [0.2, 0.25) is 0 Å². The maximum Gasteiger partial charge on any atom is 0.136 e. The smallest absolute Gasteiger partial charge is 0.136 e. The number of rotatable bonds is 0. The summed E-state index contributed by atoms with van der Waals surface area (Å²) in [7, 11) is 0. The second-order valence-corrected chi connectivity index (χ2v) is 2.79. The summed E-state index contributed by atoms with van der Waals surface area (Å²) >= 11 is 0. The number of phenols is 1. The molecule has 0 fully saturated rings. The van der Waals surface area contributed by atoms with Crippen molar-refractivity contribution in [2.24, 2.45) is 0 Å². The Balaban J connectivity index is 2.53. The Morgan fingerprint density at radius 3 is 3.08 bits per heavy atom. The number of hydrogen-bond donors (Lipinski definition) is 1. The maximum absolute atomic E-state index is 13.2. The molecule has 12 heavy (non-hydrogen) atoms. The van der Waals surface area contributed by atoms with Crippen LogP contribution in [0.5, 0.6) is 11.5 Å². The van der Waals surface area contributed by atoms with Gasteiger partial charge >= 0.3 is 0 Å². The first-order chi connectivity index (χ1) is 5.79. The van der Waals surface area contributed by atoms with Gasteiger partial charge in [0.05, 0.1) is 12.2 Å².